The number of benzene rings is 5. The summed E-state index contributed by atoms with van der Waals surface area (Å²) in [5, 5.41) is 12.2. The van der Waals surface area contributed by atoms with Crippen molar-refractivity contribution in [2.75, 3.05) is 26.2 Å². The maximum atomic E-state index is 13.4. The second kappa shape index (κ2) is 13.4. The molecule has 0 aromatic heterocycles. The number of piperazine rings is 1. The molecule has 6 rings (SSSR count). The van der Waals surface area contributed by atoms with Crippen LogP contribution in [0.1, 0.15) is 40.0 Å². The van der Waals surface area contributed by atoms with Crippen LogP contribution >= 0.6 is 0 Å². The van der Waals surface area contributed by atoms with Crippen LogP contribution in [-0.4, -0.2) is 52.8 Å². The number of ether oxygens (including phenoxy) is 1. The maximum absolute atomic E-state index is 13.4. The minimum Gasteiger partial charge on any atom is -0.457 e. The maximum Gasteiger partial charge on any atom is 0.253 e. The molecule has 5 aromatic carbocycles. The average molecular weight is 582 g/mol. The number of amides is 1. The van der Waals surface area contributed by atoms with Gasteiger partial charge in [-0.05, 0) is 71.1 Å². The summed E-state index contributed by atoms with van der Waals surface area (Å²) in [6, 6.07) is 44.5. The normalized spacial score (nSPS) is 14.0. The van der Waals surface area contributed by atoms with Crippen LogP contribution in [0.15, 0.2) is 139 Å². The van der Waals surface area contributed by atoms with Crippen LogP contribution in [0.25, 0.3) is 11.1 Å². The lowest BCUT2D eigenvalue weighted by atomic mass is 9.96. The van der Waals surface area contributed by atoms with Gasteiger partial charge in [0.25, 0.3) is 5.91 Å². The Morgan fingerprint density at radius 3 is 1.59 bits per heavy atom. The standard InChI is InChI=1S/C38H35N3O3/c1-28(39-43)29-12-14-30(15-13-29)31-16-20-35(21-17-31)44-36-22-18-34(19-23-36)38(42)41-26-24-40(25-27-41)37(32-8-4-2-5-9-32)33-10-6-3-7-11-33/h2-23,37,43H,24-27H2,1H3. The molecule has 1 saturated heterocycles. The summed E-state index contributed by atoms with van der Waals surface area (Å²) in [4.78, 5) is 17.8. The number of rotatable bonds is 8. The van der Waals surface area contributed by atoms with E-state index < -0.39 is 0 Å². The van der Waals surface area contributed by atoms with E-state index in [1.54, 1.807) is 6.92 Å². The molecule has 0 unspecified atom stereocenters. The summed E-state index contributed by atoms with van der Waals surface area (Å²) < 4.78 is 6.06. The number of hydrogen-bond acceptors (Lipinski definition) is 5. The van der Waals surface area contributed by atoms with Gasteiger partial charge in [-0.15, -0.1) is 0 Å². The molecule has 1 fully saturated rings. The van der Waals surface area contributed by atoms with Gasteiger partial charge in [0.05, 0.1) is 11.8 Å². The second-order valence-electron chi connectivity index (χ2n) is 11.0. The van der Waals surface area contributed by atoms with Crippen LogP contribution in [-0.2, 0) is 0 Å². The molecule has 5 aromatic rings. The minimum atomic E-state index is 0.0444. The van der Waals surface area contributed by atoms with E-state index in [0.717, 1.165) is 35.5 Å². The SMILES string of the molecule is CC(=NO)c1ccc(-c2ccc(Oc3ccc(C(=O)N4CCN(C(c5ccccc5)c5ccccc5)CC4)cc3)cc2)cc1. The Morgan fingerprint density at radius 1 is 0.636 bits per heavy atom. The first-order valence-electron chi connectivity index (χ1n) is 14.9. The molecule has 0 saturated carbocycles. The summed E-state index contributed by atoms with van der Waals surface area (Å²) in [7, 11) is 0. The molecule has 0 atom stereocenters. The Labute approximate surface area is 258 Å². The molecule has 0 radical (unpaired) electrons. The zero-order valence-electron chi connectivity index (χ0n) is 24.7. The molecule has 1 aliphatic rings. The summed E-state index contributed by atoms with van der Waals surface area (Å²) in [6.45, 7) is 4.73. The van der Waals surface area contributed by atoms with E-state index in [4.69, 9.17) is 9.94 Å². The van der Waals surface area contributed by atoms with Gasteiger partial charge in [0.15, 0.2) is 0 Å². The third kappa shape index (κ3) is 6.56. The van der Waals surface area contributed by atoms with Gasteiger partial charge < -0.3 is 14.8 Å². The molecular formula is C38H35N3O3. The molecule has 1 N–H and O–H groups in total. The molecule has 44 heavy (non-hydrogen) atoms. The van der Waals surface area contributed by atoms with Gasteiger partial charge in [-0.25, -0.2) is 0 Å². The van der Waals surface area contributed by atoms with Crippen molar-refractivity contribution < 1.29 is 14.7 Å². The lowest BCUT2D eigenvalue weighted by Gasteiger charge is -2.39. The monoisotopic (exact) mass is 581 g/mol. The quantitative estimate of drug-likeness (QED) is 0.115. The fourth-order valence-electron chi connectivity index (χ4n) is 5.73. The first kappa shape index (κ1) is 28.9. The molecule has 6 heteroatoms. The molecule has 1 aliphatic heterocycles. The average Bonchev–Trinajstić information content (AvgIpc) is 3.10. The predicted octanol–water partition coefficient (Wildman–Crippen LogP) is 7.89. The van der Waals surface area contributed by atoms with Crippen LogP contribution in [0.3, 0.4) is 0 Å². The van der Waals surface area contributed by atoms with E-state index in [1.807, 2.05) is 89.8 Å². The number of nitrogens with zero attached hydrogens (tertiary/aromatic N) is 3. The van der Waals surface area contributed by atoms with Crippen molar-refractivity contribution in [2.24, 2.45) is 5.16 Å². The van der Waals surface area contributed by atoms with Gasteiger partial charge in [0, 0.05) is 31.7 Å². The molecule has 0 spiro atoms. The fraction of sp³-hybridized carbons (Fsp3) is 0.158. The van der Waals surface area contributed by atoms with E-state index in [-0.39, 0.29) is 11.9 Å². The predicted molar refractivity (Wildman–Crippen MR) is 175 cm³/mol. The van der Waals surface area contributed by atoms with Crippen LogP contribution in [0, 0.1) is 0 Å². The molecule has 6 nitrogen and oxygen atoms in total. The van der Waals surface area contributed by atoms with Crippen molar-refractivity contribution in [3.8, 4) is 22.6 Å². The highest BCUT2D eigenvalue weighted by atomic mass is 16.5. The Kier molecular flexibility index (Phi) is 8.80. The van der Waals surface area contributed by atoms with Crippen molar-refractivity contribution >= 4 is 11.6 Å². The van der Waals surface area contributed by atoms with E-state index in [0.29, 0.717) is 30.1 Å². The Morgan fingerprint density at radius 2 is 1.09 bits per heavy atom. The smallest absolute Gasteiger partial charge is 0.253 e. The highest BCUT2D eigenvalue weighted by Gasteiger charge is 2.28. The van der Waals surface area contributed by atoms with Gasteiger partial charge in [0.2, 0.25) is 0 Å². The zero-order chi connectivity index (χ0) is 30.3. The highest BCUT2D eigenvalue weighted by molar-refractivity contribution is 5.98. The van der Waals surface area contributed by atoms with Crippen molar-refractivity contribution in [3.05, 3.63) is 156 Å². The Hall–Kier alpha value is -5.20. The molecule has 0 aliphatic carbocycles. The number of hydrogen-bond donors (Lipinski definition) is 1. The van der Waals surface area contributed by atoms with Gasteiger partial charge in [-0.3, -0.25) is 9.69 Å². The van der Waals surface area contributed by atoms with Gasteiger partial charge in [0.1, 0.15) is 11.5 Å². The van der Waals surface area contributed by atoms with Gasteiger partial charge in [-0.2, -0.15) is 0 Å². The minimum absolute atomic E-state index is 0.0444. The number of carbonyl (C=O) groups is 1. The second-order valence-corrected chi connectivity index (χ2v) is 11.0. The van der Waals surface area contributed by atoms with Gasteiger partial charge in [-0.1, -0.05) is 102 Å². The Bertz CT molecular complexity index is 1650. The first-order valence-corrected chi connectivity index (χ1v) is 14.9. The van der Waals surface area contributed by atoms with Gasteiger partial charge >= 0.3 is 0 Å². The lowest BCUT2D eigenvalue weighted by Crippen LogP contribution is -2.49. The zero-order valence-corrected chi connectivity index (χ0v) is 24.7. The molecule has 1 heterocycles. The van der Waals surface area contributed by atoms with Crippen molar-refractivity contribution in [3.63, 3.8) is 0 Å². The van der Waals surface area contributed by atoms with Crippen molar-refractivity contribution in [2.45, 2.75) is 13.0 Å². The summed E-state index contributed by atoms with van der Waals surface area (Å²) in [5.41, 5.74) is 6.76. The largest absolute Gasteiger partial charge is 0.457 e. The molecule has 1 amide bonds. The Balaban J connectivity index is 1.06. The van der Waals surface area contributed by atoms with Crippen LogP contribution in [0.2, 0.25) is 0 Å². The molecule has 0 bridgehead atoms. The fourth-order valence-corrected chi connectivity index (χ4v) is 5.73. The van der Waals surface area contributed by atoms with Crippen LogP contribution < -0.4 is 4.74 Å². The number of oxime groups is 1. The highest BCUT2D eigenvalue weighted by Crippen LogP contribution is 2.30. The van der Waals surface area contributed by atoms with E-state index in [9.17, 15) is 4.79 Å². The number of carbonyl (C=O) groups excluding carboxylic acids is 1. The summed E-state index contributed by atoms with van der Waals surface area (Å²) in [6.07, 6.45) is 0. The van der Waals surface area contributed by atoms with Crippen molar-refractivity contribution in [1.29, 1.82) is 0 Å². The third-order valence-electron chi connectivity index (χ3n) is 8.17. The molecule has 220 valence electrons. The summed E-state index contributed by atoms with van der Waals surface area (Å²) >= 11 is 0. The van der Waals surface area contributed by atoms with Crippen LogP contribution in [0.4, 0.5) is 0 Å². The summed E-state index contributed by atoms with van der Waals surface area (Å²) in [5.74, 6) is 1.44. The lowest BCUT2D eigenvalue weighted by molar-refractivity contribution is 0.0597. The third-order valence-corrected chi connectivity index (χ3v) is 8.17. The van der Waals surface area contributed by atoms with E-state index in [2.05, 4.69) is 58.6 Å². The topological polar surface area (TPSA) is 65.4 Å². The van der Waals surface area contributed by atoms with Crippen LogP contribution in [0.5, 0.6) is 11.5 Å². The van der Waals surface area contributed by atoms with E-state index in [1.165, 1.54) is 11.1 Å². The molecular weight excluding hydrogens is 546 g/mol. The van der Waals surface area contributed by atoms with Crippen molar-refractivity contribution in [1.82, 2.24) is 9.80 Å². The van der Waals surface area contributed by atoms with E-state index >= 15 is 0 Å². The first-order chi connectivity index (χ1) is 21.6.